The van der Waals surface area contributed by atoms with E-state index in [-0.39, 0.29) is 12.5 Å². The van der Waals surface area contributed by atoms with Crippen molar-refractivity contribution in [1.82, 2.24) is 9.55 Å². The molecule has 1 saturated heterocycles. The largest absolute Gasteiger partial charge is 0.756 e. The molecular weight excluding hydrogens is 423 g/mol. The van der Waals surface area contributed by atoms with E-state index in [1.54, 1.807) is 0 Å². The van der Waals surface area contributed by atoms with Crippen molar-refractivity contribution in [2.45, 2.75) is 24.5 Å². The van der Waals surface area contributed by atoms with Gasteiger partial charge in [0.05, 0.1) is 6.61 Å². The number of phosphoric acid groups is 1. The normalized spacial score (nSPS) is 27.6. The van der Waals surface area contributed by atoms with E-state index in [9.17, 15) is 19.0 Å². The molecule has 5 atom stereocenters. The van der Waals surface area contributed by atoms with Crippen molar-refractivity contribution in [3.63, 3.8) is 0 Å². The minimum absolute atomic E-state index is 0.0154. The van der Waals surface area contributed by atoms with Crippen molar-refractivity contribution < 1.29 is 32.7 Å². The first-order chi connectivity index (χ1) is 12.8. The summed E-state index contributed by atoms with van der Waals surface area (Å²) in [7, 11) is 0.572. The number of hydrogen-bond donors (Lipinski definition) is 1. The minimum atomic E-state index is -4.62. The molecule has 1 aliphatic rings. The summed E-state index contributed by atoms with van der Waals surface area (Å²) in [5.74, 6) is 0.180. The standard InChI is InChI=1S/C13H21N2O9PS2/c1-20-6-8-10(24-25(18,19)21-2)11(22-7-27-26-3)12(23-8)15-5-4-9(16)14-13(15)17/h4-5,8,10-12H,6-7H2,1-3H3,(H,18,19)(H,14,16,17)/p-1/t8-,10?,11?,12-/m1/s1. The highest BCUT2D eigenvalue weighted by atomic mass is 33.1. The van der Waals surface area contributed by atoms with Gasteiger partial charge >= 0.3 is 5.69 Å². The number of aromatic nitrogens is 2. The second kappa shape index (κ2) is 10.2. The van der Waals surface area contributed by atoms with E-state index in [0.717, 1.165) is 17.7 Å². The summed E-state index contributed by atoms with van der Waals surface area (Å²) in [4.78, 5) is 37.4. The van der Waals surface area contributed by atoms with Gasteiger partial charge in [-0.2, -0.15) is 0 Å². The fourth-order valence-electron chi connectivity index (χ4n) is 2.51. The Balaban J connectivity index is 2.39. The van der Waals surface area contributed by atoms with Gasteiger partial charge in [0.2, 0.25) is 0 Å². The van der Waals surface area contributed by atoms with Crippen LogP contribution < -0.4 is 16.1 Å². The molecule has 1 aliphatic heterocycles. The fourth-order valence-corrected chi connectivity index (χ4v) is 3.91. The number of methoxy groups -OCH3 is 1. The van der Waals surface area contributed by atoms with E-state index in [1.165, 1.54) is 34.9 Å². The lowest BCUT2D eigenvalue weighted by atomic mass is 10.1. The van der Waals surface area contributed by atoms with E-state index < -0.39 is 43.6 Å². The molecule has 2 heterocycles. The summed E-state index contributed by atoms with van der Waals surface area (Å²) in [5.41, 5.74) is -1.30. The Morgan fingerprint density at radius 2 is 2.11 bits per heavy atom. The van der Waals surface area contributed by atoms with Gasteiger partial charge < -0.3 is 28.2 Å². The lowest BCUT2D eigenvalue weighted by molar-refractivity contribution is -0.231. The Bertz CT molecular complexity index is 773. The maximum atomic E-state index is 12.2. The zero-order chi connectivity index (χ0) is 20.0. The first-order valence-corrected chi connectivity index (χ1v) is 11.8. The van der Waals surface area contributed by atoms with Crippen LogP contribution in [0, 0.1) is 0 Å². The number of nitrogens with zero attached hydrogens (tertiary/aromatic N) is 1. The summed E-state index contributed by atoms with van der Waals surface area (Å²) in [6.07, 6.45) is -0.921. The van der Waals surface area contributed by atoms with Gasteiger partial charge in [-0.15, -0.1) is 0 Å². The molecule has 0 aliphatic carbocycles. The van der Waals surface area contributed by atoms with E-state index in [1.807, 2.05) is 6.26 Å². The third kappa shape index (κ3) is 5.92. The van der Waals surface area contributed by atoms with Crippen LogP contribution in [0.1, 0.15) is 6.23 Å². The topological polar surface area (TPSA) is 141 Å². The molecule has 0 bridgehead atoms. The summed E-state index contributed by atoms with van der Waals surface area (Å²) >= 11 is 0. The van der Waals surface area contributed by atoms with Gasteiger partial charge in [0.25, 0.3) is 13.4 Å². The number of ether oxygens (including phenoxy) is 3. The van der Waals surface area contributed by atoms with Crippen LogP contribution in [0.15, 0.2) is 21.9 Å². The molecule has 11 nitrogen and oxygen atoms in total. The lowest BCUT2D eigenvalue weighted by Crippen LogP contribution is -2.41. The van der Waals surface area contributed by atoms with Crippen LogP contribution in [0.5, 0.6) is 0 Å². The quantitative estimate of drug-likeness (QED) is 0.225. The summed E-state index contributed by atoms with van der Waals surface area (Å²) in [6.45, 7) is -0.0154. The zero-order valence-corrected chi connectivity index (χ0v) is 17.3. The first kappa shape index (κ1) is 22.7. The molecular formula is C13H20N2O9PS2-. The summed E-state index contributed by atoms with van der Waals surface area (Å²) < 4.78 is 39.0. The third-order valence-corrected chi connectivity index (χ3v) is 6.06. The van der Waals surface area contributed by atoms with Crippen LogP contribution in [0.4, 0.5) is 0 Å². The molecule has 0 saturated carbocycles. The van der Waals surface area contributed by atoms with Gasteiger partial charge in [-0.1, -0.05) is 21.6 Å². The highest BCUT2D eigenvalue weighted by Gasteiger charge is 2.49. The smallest absolute Gasteiger partial charge is 0.330 e. The maximum Gasteiger partial charge on any atom is 0.330 e. The number of phosphoric ester groups is 1. The number of rotatable bonds is 10. The van der Waals surface area contributed by atoms with Crippen LogP contribution >= 0.6 is 29.4 Å². The van der Waals surface area contributed by atoms with E-state index in [4.69, 9.17) is 18.7 Å². The number of aromatic amines is 1. The maximum absolute atomic E-state index is 12.2. The van der Waals surface area contributed by atoms with Gasteiger partial charge in [-0.25, -0.2) is 4.79 Å². The molecule has 1 N–H and O–H groups in total. The highest BCUT2D eigenvalue weighted by Crippen LogP contribution is 2.45. The molecule has 27 heavy (non-hydrogen) atoms. The van der Waals surface area contributed by atoms with Crippen molar-refractivity contribution in [2.24, 2.45) is 0 Å². The molecule has 2 rings (SSSR count). The molecule has 0 radical (unpaired) electrons. The molecule has 1 aromatic heterocycles. The molecule has 154 valence electrons. The molecule has 0 aromatic carbocycles. The van der Waals surface area contributed by atoms with E-state index >= 15 is 0 Å². The average Bonchev–Trinajstić information content (AvgIpc) is 2.93. The Hall–Kier alpha value is -0.630. The molecule has 3 unspecified atom stereocenters. The number of hydrogen-bond acceptors (Lipinski definition) is 11. The molecule has 0 amide bonds. The van der Waals surface area contributed by atoms with Crippen LogP contribution in [0.3, 0.4) is 0 Å². The SMILES string of the molecule is COC[C@H]1O[C@@H](n2ccc(=O)[nH]c2=O)C(OCSSC)C1OP(=O)([O-])OC. The van der Waals surface area contributed by atoms with Crippen LogP contribution in [-0.4, -0.2) is 60.9 Å². The third-order valence-electron chi connectivity index (χ3n) is 3.64. The van der Waals surface area contributed by atoms with Crippen LogP contribution in [-0.2, 0) is 27.8 Å². The van der Waals surface area contributed by atoms with Crippen molar-refractivity contribution in [2.75, 3.05) is 33.0 Å². The minimum Gasteiger partial charge on any atom is -0.756 e. The van der Waals surface area contributed by atoms with Gasteiger partial charge in [0, 0.05) is 26.5 Å². The molecule has 1 fully saturated rings. The van der Waals surface area contributed by atoms with Gasteiger partial charge in [-0.05, 0) is 6.26 Å². The predicted octanol–water partition coefficient (Wildman–Crippen LogP) is -0.0657. The lowest BCUT2D eigenvalue weighted by Gasteiger charge is -2.30. The molecule has 0 spiro atoms. The van der Waals surface area contributed by atoms with Gasteiger partial charge in [0.1, 0.15) is 24.3 Å². The Labute approximate surface area is 162 Å². The molecule has 14 heteroatoms. The highest BCUT2D eigenvalue weighted by molar-refractivity contribution is 8.76. The van der Waals surface area contributed by atoms with E-state index in [0.29, 0.717) is 0 Å². The first-order valence-electron chi connectivity index (χ1n) is 7.61. The Morgan fingerprint density at radius 3 is 2.70 bits per heavy atom. The van der Waals surface area contributed by atoms with Crippen molar-refractivity contribution in [3.8, 4) is 0 Å². The van der Waals surface area contributed by atoms with Crippen LogP contribution in [0.2, 0.25) is 0 Å². The Morgan fingerprint density at radius 1 is 1.37 bits per heavy atom. The van der Waals surface area contributed by atoms with E-state index in [2.05, 4.69) is 9.51 Å². The summed E-state index contributed by atoms with van der Waals surface area (Å²) in [5, 5.41) is 0. The summed E-state index contributed by atoms with van der Waals surface area (Å²) in [6, 6.07) is 1.14. The van der Waals surface area contributed by atoms with Gasteiger partial charge in [0.15, 0.2) is 6.23 Å². The number of nitrogens with one attached hydrogen (secondary N) is 1. The van der Waals surface area contributed by atoms with Crippen LogP contribution in [0.25, 0.3) is 0 Å². The van der Waals surface area contributed by atoms with Crippen molar-refractivity contribution in [3.05, 3.63) is 33.1 Å². The van der Waals surface area contributed by atoms with Gasteiger partial charge in [-0.3, -0.25) is 18.9 Å². The monoisotopic (exact) mass is 443 g/mol. The Kier molecular flexibility index (Phi) is 8.59. The second-order valence-corrected chi connectivity index (χ2v) is 9.25. The molecule has 1 aromatic rings. The second-order valence-electron chi connectivity index (χ2n) is 5.27. The number of H-pyrrole nitrogens is 1. The predicted molar refractivity (Wildman–Crippen MR) is 97.4 cm³/mol. The van der Waals surface area contributed by atoms with Crippen molar-refractivity contribution >= 4 is 29.4 Å². The fraction of sp³-hybridized carbons (Fsp3) is 0.692. The average molecular weight is 443 g/mol. The van der Waals surface area contributed by atoms with Crippen molar-refractivity contribution in [1.29, 1.82) is 0 Å². The zero-order valence-electron chi connectivity index (χ0n) is 14.8.